The van der Waals surface area contributed by atoms with Crippen LogP contribution in [0.15, 0.2) is 0 Å². The molecular formula is C11H23NO2S. The average Bonchev–Trinajstić information content (AvgIpc) is 2.94. The molecule has 3 nitrogen and oxygen atoms in total. The Hall–Kier alpha value is -0.0900. The van der Waals surface area contributed by atoms with Crippen LogP contribution in [0.2, 0.25) is 0 Å². The second-order valence-electron chi connectivity index (χ2n) is 4.99. The summed E-state index contributed by atoms with van der Waals surface area (Å²) in [5.41, 5.74) is 0. The van der Waals surface area contributed by atoms with E-state index >= 15 is 0 Å². The van der Waals surface area contributed by atoms with E-state index in [1.807, 2.05) is 0 Å². The Balaban J connectivity index is 2.17. The van der Waals surface area contributed by atoms with Crippen LogP contribution < -0.4 is 5.32 Å². The minimum absolute atomic E-state index is 0.235. The van der Waals surface area contributed by atoms with Gasteiger partial charge < -0.3 is 5.32 Å². The second-order valence-corrected chi connectivity index (χ2v) is 7.67. The van der Waals surface area contributed by atoms with Crippen LogP contribution in [-0.2, 0) is 9.84 Å². The number of sulfone groups is 1. The van der Waals surface area contributed by atoms with Gasteiger partial charge >= 0.3 is 0 Å². The first-order chi connectivity index (χ1) is 6.92. The van der Waals surface area contributed by atoms with E-state index in [9.17, 15) is 8.42 Å². The summed E-state index contributed by atoms with van der Waals surface area (Å²) in [5, 5.41) is 3.19. The summed E-state index contributed by atoms with van der Waals surface area (Å²) in [7, 11) is -2.84. The zero-order chi connectivity index (χ0) is 11.5. The van der Waals surface area contributed by atoms with Crippen molar-refractivity contribution >= 4 is 9.84 Å². The van der Waals surface area contributed by atoms with Crippen LogP contribution in [0.25, 0.3) is 0 Å². The van der Waals surface area contributed by atoms with Crippen LogP contribution >= 0.6 is 0 Å². The first-order valence-corrected chi connectivity index (χ1v) is 7.58. The van der Waals surface area contributed by atoms with E-state index in [1.165, 1.54) is 12.8 Å². The molecule has 1 fully saturated rings. The molecule has 0 heterocycles. The Morgan fingerprint density at radius 2 is 1.87 bits per heavy atom. The highest BCUT2D eigenvalue weighted by atomic mass is 32.2. The Kier molecular flexibility index (Phi) is 4.59. The molecule has 0 aliphatic heterocycles. The molecule has 0 saturated heterocycles. The molecule has 0 aromatic heterocycles. The first kappa shape index (κ1) is 13.0. The van der Waals surface area contributed by atoms with Crippen molar-refractivity contribution in [3.8, 4) is 0 Å². The molecule has 0 aromatic carbocycles. The summed E-state index contributed by atoms with van der Waals surface area (Å²) < 4.78 is 23.1. The normalized spacial score (nSPS) is 19.5. The number of nitrogens with one attached hydrogen (secondary N) is 1. The summed E-state index contributed by atoms with van der Waals surface area (Å²) in [6, 6.07) is 0.717. The predicted octanol–water partition coefficient (Wildman–Crippen LogP) is 1.59. The van der Waals surface area contributed by atoms with Gasteiger partial charge in [0.1, 0.15) is 0 Å². The van der Waals surface area contributed by atoms with E-state index in [1.54, 1.807) is 13.8 Å². The predicted molar refractivity (Wildman–Crippen MR) is 63.7 cm³/mol. The van der Waals surface area contributed by atoms with Crippen LogP contribution in [0.1, 0.15) is 40.0 Å². The van der Waals surface area contributed by atoms with E-state index in [2.05, 4.69) is 12.2 Å². The largest absolute Gasteiger partial charge is 0.314 e. The van der Waals surface area contributed by atoms with Crippen molar-refractivity contribution in [3.63, 3.8) is 0 Å². The van der Waals surface area contributed by atoms with Crippen LogP contribution in [0.4, 0.5) is 0 Å². The maximum absolute atomic E-state index is 11.6. The van der Waals surface area contributed by atoms with Gasteiger partial charge in [0.2, 0.25) is 0 Å². The van der Waals surface area contributed by atoms with Gasteiger partial charge in [0.15, 0.2) is 9.84 Å². The van der Waals surface area contributed by atoms with Gasteiger partial charge in [-0.2, -0.15) is 0 Å². The van der Waals surface area contributed by atoms with Gasteiger partial charge in [0.25, 0.3) is 0 Å². The fourth-order valence-electron chi connectivity index (χ4n) is 1.36. The molecule has 4 heteroatoms. The Bertz CT molecular complexity index is 281. The number of hydrogen-bond acceptors (Lipinski definition) is 3. The Morgan fingerprint density at radius 3 is 2.33 bits per heavy atom. The maximum Gasteiger partial charge on any atom is 0.152 e. The van der Waals surface area contributed by atoms with Crippen molar-refractivity contribution in [1.82, 2.24) is 5.32 Å². The van der Waals surface area contributed by atoms with Crippen molar-refractivity contribution < 1.29 is 8.42 Å². The fraction of sp³-hybridized carbons (Fsp3) is 1.00. The molecule has 15 heavy (non-hydrogen) atoms. The summed E-state index contributed by atoms with van der Waals surface area (Å²) in [6.07, 6.45) is 3.36. The third-order valence-corrected chi connectivity index (χ3v) is 5.19. The minimum atomic E-state index is -2.84. The summed E-state index contributed by atoms with van der Waals surface area (Å²) in [4.78, 5) is 0. The molecule has 1 atom stereocenters. The smallest absolute Gasteiger partial charge is 0.152 e. The van der Waals surface area contributed by atoms with E-state index in [4.69, 9.17) is 0 Å². The molecule has 1 unspecified atom stereocenters. The molecule has 0 spiro atoms. The first-order valence-electron chi connectivity index (χ1n) is 5.86. The van der Waals surface area contributed by atoms with Crippen molar-refractivity contribution in [1.29, 1.82) is 0 Å². The number of hydrogen-bond donors (Lipinski definition) is 1. The highest BCUT2D eigenvalue weighted by Crippen LogP contribution is 2.19. The van der Waals surface area contributed by atoms with E-state index in [0.717, 1.165) is 13.0 Å². The summed E-state index contributed by atoms with van der Waals surface area (Å²) in [5.74, 6) is 0.789. The molecule has 1 aliphatic carbocycles. The van der Waals surface area contributed by atoms with Crippen molar-refractivity contribution in [2.24, 2.45) is 5.92 Å². The SMILES string of the molecule is CC(CCS(=O)(=O)C(C)C)CNC1CC1. The van der Waals surface area contributed by atoms with Gasteiger partial charge in [-0.25, -0.2) is 8.42 Å². The van der Waals surface area contributed by atoms with E-state index < -0.39 is 9.84 Å². The van der Waals surface area contributed by atoms with Gasteiger partial charge in [-0.05, 0) is 45.6 Å². The van der Waals surface area contributed by atoms with Gasteiger partial charge in [-0.3, -0.25) is 0 Å². The van der Waals surface area contributed by atoms with E-state index in [-0.39, 0.29) is 5.25 Å². The third-order valence-electron chi connectivity index (χ3n) is 2.95. The van der Waals surface area contributed by atoms with Crippen LogP contribution in [0.3, 0.4) is 0 Å². The lowest BCUT2D eigenvalue weighted by molar-refractivity contribution is 0.493. The van der Waals surface area contributed by atoms with E-state index in [0.29, 0.717) is 17.7 Å². The van der Waals surface area contributed by atoms with Gasteiger partial charge in [-0.15, -0.1) is 0 Å². The standard InChI is InChI=1S/C11H23NO2S/c1-9(2)15(13,14)7-6-10(3)8-12-11-4-5-11/h9-12H,4-8H2,1-3H3. The highest BCUT2D eigenvalue weighted by Gasteiger charge is 2.22. The van der Waals surface area contributed by atoms with Crippen molar-refractivity contribution in [2.45, 2.75) is 51.3 Å². The quantitative estimate of drug-likeness (QED) is 0.726. The zero-order valence-corrected chi connectivity index (χ0v) is 10.8. The fourth-order valence-corrected chi connectivity index (χ4v) is 2.56. The molecular weight excluding hydrogens is 210 g/mol. The minimum Gasteiger partial charge on any atom is -0.314 e. The molecule has 0 bridgehead atoms. The molecule has 0 radical (unpaired) electrons. The number of rotatable bonds is 7. The van der Waals surface area contributed by atoms with Crippen LogP contribution in [-0.4, -0.2) is 32.0 Å². The van der Waals surface area contributed by atoms with Gasteiger partial charge in [-0.1, -0.05) is 6.92 Å². The monoisotopic (exact) mass is 233 g/mol. The lowest BCUT2D eigenvalue weighted by Gasteiger charge is -2.13. The lowest BCUT2D eigenvalue weighted by atomic mass is 10.1. The van der Waals surface area contributed by atoms with Crippen LogP contribution in [0.5, 0.6) is 0 Å². The zero-order valence-electron chi connectivity index (χ0n) is 9.99. The average molecular weight is 233 g/mol. The molecule has 0 amide bonds. The lowest BCUT2D eigenvalue weighted by Crippen LogP contribution is -2.26. The second kappa shape index (κ2) is 5.30. The summed E-state index contributed by atoms with van der Waals surface area (Å²) in [6.45, 7) is 6.58. The Morgan fingerprint density at radius 1 is 1.27 bits per heavy atom. The maximum atomic E-state index is 11.6. The molecule has 1 aliphatic rings. The van der Waals surface area contributed by atoms with Gasteiger partial charge in [0.05, 0.1) is 11.0 Å². The topological polar surface area (TPSA) is 46.2 Å². The molecule has 1 rings (SSSR count). The molecule has 1 saturated carbocycles. The Labute approximate surface area is 93.6 Å². The highest BCUT2D eigenvalue weighted by molar-refractivity contribution is 7.91. The third kappa shape index (κ3) is 4.98. The molecule has 90 valence electrons. The van der Waals surface area contributed by atoms with Crippen LogP contribution in [0, 0.1) is 5.92 Å². The summed E-state index contributed by atoms with van der Waals surface area (Å²) >= 11 is 0. The molecule has 0 aromatic rings. The van der Waals surface area contributed by atoms with Crippen molar-refractivity contribution in [2.75, 3.05) is 12.3 Å². The van der Waals surface area contributed by atoms with Gasteiger partial charge in [0, 0.05) is 6.04 Å². The van der Waals surface area contributed by atoms with Crippen molar-refractivity contribution in [3.05, 3.63) is 0 Å². The molecule has 1 N–H and O–H groups in total.